The molecule has 0 fully saturated rings. The van der Waals surface area contributed by atoms with E-state index in [0.29, 0.717) is 12.3 Å². The number of hydrogen-bond acceptors (Lipinski definition) is 5. The first kappa shape index (κ1) is 19.9. The average Bonchev–Trinajstić information content (AvgIpc) is 3.16. The van der Waals surface area contributed by atoms with E-state index in [9.17, 15) is 4.79 Å². The molecule has 0 aliphatic rings. The Kier molecular flexibility index (Phi) is 7.08. The zero-order valence-corrected chi connectivity index (χ0v) is 16.9. The van der Waals surface area contributed by atoms with Gasteiger partial charge in [0.25, 0.3) is 0 Å². The van der Waals surface area contributed by atoms with Gasteiger partial charge in [-0.2, -0.15) is 0 Å². The van der Waals surface area contributed by atoms with Crippen LogP contribution in [0.3, 0.4) is 0 Å². The lowest BCUT2D eigenvalue weighted by atomic mass is 10.1. The van der Waals surface area contributed by atoms with Crippen LogP contribution >= 0.6 is 11.8 Å². The van der Waals surface area contributed by atoms with Crippen LogP contribution in [0.5, 0.6) is 5.75 Å². The molecule has 1 amide bonds. The predicted octanol–water partition coefficient (Wildman–Crippen LogP) is 3.42. The van der Waals surface area contributed by atoms with Gasteiger partial charge in [-0.05, 0) is 31.0 Å². The molecule has 146 valence electrons. The van der Waals surface area contributed by atoms with Crippen molar-refractivity contribution in [3.63, 3.8) is 0 Å². The molecule has 6 nitrogen and oxygen atoms in total. The topological polar surface area (TPSA) is 69.0 Å². The van der Waals surface area contributed by atoms with Crippen LogP contribution < -0.4 is 10.1 Å². The maximum Gasteiger partial charge on any atom is 0.230 e. The molecule has 0 aliphatic heterocycles. The smallest absolute Gasteiger partial charge is 0.230 e. The molecular formula is C21H24N4O2S. The number of carbonyl (C=O) groups excluding carboxylic acids is 1. The first-order valence-electron chi connectivity index (χ1n) is 9.22. The van der Waals surface area contributed by atoms with Crippen molar-refractivity contribution in [2.45, 2.75) is 25.0 Å². The molecule has 0 spiro atoms. The van der Waals surface area contributed by atoms with Gasteiger partial charge in [0.05, 0.1) is 12.9 Å². The Bertz CT molecular complexity index is 895. The van der Waals surface area contributed by atoms with Crippen molar-refractivity contribution in [3.8, 4) is 17.1 Å². The molecule has 0 bridgehead atoms. The van der Waals surface area contributed by atoms with Gasteiger partial charge in [-0.25, -0.2) is 0 Å². The maximum absolute atomic E-state index is 12.2. The zero-order valence-electron chi connectivity index (χ0n) is 16.1. The number of methoxy groups -OCH3 is 1. The summed E-state index contributed by atoms with van der Waals surface area (Å²) in [6, 6.07) is 17.8. The Morgan fingerprint density at radius 3 is 2.54 bits per heavy atom. The number of thioether (sulfide) groups is 1. The number of nitrogens with one attached hydrogen (secondary N) is 1. The largest absolute Gasteiger partial charge is 0.497 e. The Balaban J connectivity index is 1.49. The van der Waals surface area contributed by atoms with Crippen LogP contribution in [0.2, 0.25) is 0 Å². The number of rotatable bonds is 9. The fourth-order valence-electron chi connectivity index (χ4n) is 2.80. The normalized spacial score (nSPS) is 10.6. The summed E-state index contributed by atoms with van der Waals surface area (Å²) in [4.78, 5) is 12.2. The second kappa shape index (κ2) is 9.94. The first-order chi connectivity index (χ1) is 13.7. The van der Waals surface area contributed by atoms with Gasteiger partial charge in [-0.15, -0.1) is 10.2 Å². The Hall–Kier alpha value is -2.80. The average molecular weight is 397 g/mol. The van der Waals surface area contributed by atoms with Crippen molar-refractivity contribution in [2.75, 3.05) is 19.4 Å². The second-order valence-electron chi connectivity index (χ2n) is 6.15. The van der Waals surface area contributed by atoms with Crippen molar-refractivity contribution in [3.05, 3.63) is 60.2 Å². The molecular weight excluding hydrogens is 372 g/mol. The zero-order chi connectivity index (χ0) is 19.8. The molecule has 3 aromatic rings. The van der Waals surface area contributed by atoms with Gasteiger partial charge in [-0.1, -0.05) is 54.2 Å². The van der Waals surface area contributed by atoms with Crippen LogP contribution in [0.4, 0.5) is 0 Å². The molecule has 3 rings (SSSR count). The number of nitrogens with zero attached hydrogens (tertiary/aromatic N) is 3. The van der Waals surface area contributed by atoms with Crippen molar-refractivity contribution < 1.29 is 9.53 Å². The quantitative estimate of drug-likeness (QED) is 0.561. The molecule has 0 atom stereocenters. The van der Waals surface area contributed by atoms with E-state index >= 15 is 0 Å². The third kappa shape index (κ3) is 5.13. The van der Waals surface area contributed by atoms with E-state index in [0.717, 1.165) is 40.8 Å². The fourth-order valence-corrected chi connectivity index (χ4v) is 3.63. The SMILES string of the molecule is CCn1c(SCC(=O)NCCc2ccc(OC)cc2)nnc1-c1ccccc1. The lowest BCUT2D eigenvalue weighted by Gasteiger charge is -2.08. The Morgan fingerprint density at radius 1 is 1.11 bits per heavy atom. The molecule has 0 aliphatic carbocycles. The number of carbonyl (C=O) groups is 1. The van der Waals surface area contributed by atoms with Gasteiger partial charge in [0.1, 0.15) is 5.75 Å². The number of amides is 1. The minimum atomic E-state index is -0.00886. The molecule has 0 saturated heterocycles. The number of hydrogen-bond donors (Lipinski definition) is 1. The number of benzene rings is 2. The van der Waals surface area contributed by atoms with Gasteiger partial charge in [0.15, 0.2) is 11.0 Å². The summed E-state index contributed by atoms with van der Waals surface area (Å²) in [5, 5.41) is 12.3. The molecule has 2 aromatic carbocycles. The van der Waals surface area contributed by atoms with Crippen LogP contribution in [0, 0.1) is 0 Å². The summed E-state index contributed by atoms with van der Waals surface area (Å²) in [6.45, 7) is 3.40. The third-order valence-electron chi connectivity index (χ3n) is 4.29. The molecule has 1 heterocycles. The summed E-state index contributed by atoms with van der Waals surface area (Å²) < 4.78 is 7.18. The Morgan fingerprint density at radius 2 is 1.86 bits per heavy atom. The van der Waals surface area contributed by atoms with E-state index < -0.39 is 0 Å². The summed E-state index contributed by atoms with van der Waals surface area (Å²) in [5.74, 6) is 1.96. The highest BCUT2D eigenvalue weighted by Gasteiger charge is 2.14. The highest BCUT2D eigenvalue weighted by atomic mass is 32.2. The summed E-state index contributed by atoms with van der Waals surface area (Å²) in [7, 11) is 1.65. The van der Waals surface area contributed by atoms with Gasteiger partial charge in [-0.3, -0.25) is 4.79 Å². The van der Waals surface area contributed by atoms with Gasteiger partial charge in [0, 0.05) is 18.7 Å². The molecule has 0 unspecified atom stereocenters. The third-order valence-corrected chi connectivity index (χ3v) is 5.26. The summed E-state index contributed by atoms with van der Waals surface area (Å²) >= 11 is 1.41. The molecule has 7 heteroatoms. The molecule has 0 radical (unpaired) electrons. The molecule has 1 N–H and O–H groups in total. The fraction of sp³-hybridized carbons (Fsp3) is 0.286. The second-order valence-corrected chi connectivity index (χ2v) is 7.10. The van der Waals surface area contributed by atoms with Crippen LogP contribution in [0.15, 0.2) is 59.8 Å². The van der Waals surface area contributed by atoms with E-state index in [1.165, 1.54) is 11.8 Å². The standard InChI is InChI=1S/C21H24N4O2S/c1-3-25-20(17-7-5-4-6-8-17)23-24-21(25)28-15-19(26)22-14-13-16-9-11-18(27-2)12-10-16/h4-12H,3,13-15H2,1-2H3,(H,22,26). The van der Waals surface area contributed by atoms with Gasteiger partial charge in [0.2, 0.25) is 5.91 Å². The van der Waals surface area contributed by atoms with E-state index in [2.05, 4.69) is 22.4 Å². The van der Waals surface area contributed by atoms with Crippen LogP contribution in [-0.4, -0.2) is 40.1 Å². The van der Waals surface area contributed by atoms with E-state index in [4.69, 9.17) is 4.74 Å². The molecule has 0 saturated carbocycles. The Labute approximate surface area is 169 Å². The van der Waals surface area contributed by atoms with Gasteiger partial charge >= 0.3 is 0 Å². The summed E-state index contributed by atoms with van der Waals surface area (Å²) in [6.07, 6.45) is 0.781. The lowest BCUT2D eigenvalue weighted by Crippen LogP contribution is -2.27. The monoisotopic (exact) mass is 396 g/mol. The van der Waals surface area contributed by atoms with Crippen molar-refractivity contribution in [1.82, 2.24) is 20.1 Å². The maximum atomic E-state index is 12.2. The molecule has 28 heavy (non-hydrogen) atoms. The van der Waals surface area contributed by atoms with Crippen molar-refractivity contribution >= 4 is 17.7 Å². The first-order valence-corrected chi connectivity index (χ1v) is 10.2. The highest BCUT2D eigenvalue weighted by Crippen LogP contribution is 2.23. The van der Waals surface area contributed by atoms with Crippen LogP contribution in [-0.2, 0) is 17.8 Å². The van der Waals surface area contributed by atoms with Crippen molar-refractivity contribution in [2.24, 2.45) is 0 Å². The summed E-state index contributed by atoms with van der Waals surface area (Å²) in [5.41, 5.74) is 2.18. The van der Waals surface area contributed by atoms with E-state index in [-0.39, 0.29) is 5.91 Å². The molecule has 1 aromatic heterocycles. The van der Waals surface area contributed by atoms with E-state index in [1.807, 2.05) is 59.2 Å². The number of ether oxygens (including phenoxy) is 1. The highest BCUT2D eigenvalue weighted by molar-refractivity contribution is 7.99. The minimum Gasteiger partial charge on any atom is -0.497 e. The predicted molar refractivity (Wildman–Crippen MR) is 112 cm³/mol. The van der Waals surface area contributed by atoms with Crippen molar-refractivity contribution in [1.29, 1.82) is 0 Å². The lowest BCUT2D eigenvalue weighted by molar-refractivity contribution is -0.118. The van der Waals surface area contributed by atoms with Crippen LogP contribution in [0.1, 0.15) is 12.5 Å². The minimum absolute atomic E-state index is 0.00886. The van der Waals surface area contributed by atoms with Crippen LogP contribution in [0.25, 0.3) is 11.4 Å². The van der Waals surface area contributed by atoms with Gasteiger partial charge < -0.3 is 14.6 Å². The number of aromatic nitrogens is 3. The van der Waals surface area contributed by atoms with E-state index in [1.54, 1.807) is 7.11 Å².